The third-order valence-electron chi connectivity index (χ3n) is 0.611. The summed E-state index contributed by atoms with van der Waals surface area (Å²) in [4.78, 5) is 10.0. The maximum atomic E-state index is 10.0. The van der Waals surface area contributed by atoms with Crippen LogP contribution in [0.3, 0.4) is 0 Å². The smallest absolute Gasteiger partial charge is 0.218 e. The molecule has 0 heterocycles. The Morgan fingerprint density at radius 1 is 1.62 bits per heavy atom. The van der Waals surface area contributed by atoms with Crippen molar-refractivity contribution in [2.75, 3.05) is 11.6 Å². The van der Waals surface area contributed by atoms with Crippen molar-refractivity contribution in [2.45, 2.75) is 6.42 Å². The second kappa shape index (κ2) is 4.93. The lowest BCUT2D eigenvalue weighted by Crippen LogP contribution is -2.11. The van der Waals surface area contributed by atoms with Crippen LogP contribution in [0.15, 0.2) is 0 Å². The van der Waals surface area contributed by atoms with Gasteiger partial charge in [-0.1, -0.05) is 0 Å². The molecule has 4 heteroatoms. The third kappa shape index (κ3) is 5.78. The molecule has 4 N–H and O–H groups in total. The van der Waals surface area contributed by atoms with E-state index in [1.807, 2.05) is 0 Å². The third-order valence-corrected chi connectivity index (χ3v) is 1.34. The number of amides is 1. The van der Waals surface area contributed by atoms with Crippen LogP contribution in [0.2, 0.25) is 0 Å². The van der Waals surface area contributed by atoms with Crippen molar-refractivity contribution in [2.24, 2.45) is 11.5 Å². The van der Waals surface area contributed by atoms with Crippen LogP contribution in [0.25, 0.3) is 0 Å². The molecule has 0 spiro atoms. The van der Waals surface area contributed by atoms with Crippen molar-refractivity contribution >= 4 is 17.7 Å². The van der Waals surface area contributed by atoms with Gasteiger partial charge in [0, 0.05) is 18.1 Å². The van der Waals surface area contributed by atoms with E-state index in [9.17, 15) is 4.79 Å². The lowest BCUT2D eigenvalue weighted by Gasteiger charge is -1.91. The first-order chi connectivity index (χ1) is 3.77. The van der Waals surface area contributed by atoms with E-state index in [0.717, 1.165) is 5.75 Å². The maximum absolute atomic E-state index is 10.0. The van der Waals surface area contributed by atoms with Gasteiger partial charge in [-0.15, -0.1) is 11.8 Å². The van der Waals surface area contributed by atoms with Gasteiger partial charge in [-0.25, -0.2) is 0 Å². The highest BCUT2D eigenvalue weighted by molar-refractivity contribution is 7.99. The minimum atomic E-state index is -0.258. The van der Waals surface area contributed by atoms with Gasteiger partial charge in [0.1, 0.15) is 0 Å². The molecule has 0 aliphatic carbocycles. The van der Waals surface area contributed by atoms with Crippen molar-refractivity contribution in [1.82, 2.24) is 0 Å². The lowest BCUT2D eigenvalue weighted by atomic mass is 10.5. The first kappa shape index (κ1) is 7.78. The SMILES string of the molecule is NCSCCC(N)=O. The molecule has 0 saturated heterocycles. The molecule has 0 fully saturated rings. The molecule has 0 saturated carbocycles. The predicted molar refractivity (Wildman–Crippen MR) is 35.3 cm³/mol. The average molecular weight is 134 g/mol. The highest BCUT2D eigenvalue weighted by atomic mass is 32.2. The molecule has 0 atom stereocenters. The van der Waals surface area contributed by atoms with Crippen LogP contribution in [-0.2, 0) is 4.79 Å². The molecule has 0 aromatic rings. The molecule has 0 rings (SSSR count). The van der Waals surface area contributed by atoms with Crippen molar-refractivity contribution in [3.05, 3.63) is 0 Å². The van der Waals surface area contributed by atoms with Gasteiger partial charge in [0.15, 0.2) is 0 Å². The Morgan fingerprint density at radius 3 is 2.62 bits per heavy atom. The van der Waals surface area contributed by atoms with Crippen LogP contribution in [0.4, 0.5) is 0 Å². The van der Waals surface area contributed by atoms with Crippen LogP contribution in [0.5, 0.6) is 0 Å². The summed E-state index contributed by atoms with van der Waals surface area (Å²) in [6.07, 6.45) is 0.432. The summed E-state index contributed by atoms with van der Waals surface area (Å²) in [5, 5.41) is 0. The largest absolute Gasteiger partial charge is 0.370 e. The molecule has 0 aromatic heterocycles. The monoisotopic (exact) mass is 134 g/mol. The molecule has 3 nitrogen and oxygen atoms in total. The van der Waals surface area contributed by atoms with Gasteiger partial charge in [-0.05, 0) is 0 Å². The molecular formula is C4H10N2OS. The quantitative estimate of drug-likeness (QED) is 0.402. The van der Waals surface area contributed by atoms with E-state index in [1.54, 1.807) is 0 Å². The fraction of sp³-hybridized carbons (Fsp3) is 0.750. The minimum Gasteiger partial charge on any atom is -0.370 e. The second-order valence-corrected chi connectivity index (χ2v) is 2.44. The number of carbonyl (C=O) groups is 1. The molecule has 0 bridgehead atoms. The lowest BCUT2D eigenvalue weighted by molar-refractivity contribution is -0.117. The zero-order valence-corrected chi connectivity index (χ0v) is 5.41. The Hall–Kier alpha value is -0.220. The molecule has 8 heavy (non-hydrogen) atoms. The Labute approximate surface area is 52.8 Å². The normalized spacial score (nSPS) is 9.12. The van der Waals surface area contributed by atoms with Crippen molar-refractivity contribution < 1.29 is 4.79 Å². The summed E-state index contributed by atoms with van der Waals surface area (Å²) >= 11 is 1.51. The molecule has 0 radical (unpaired) electrons. The maximum Gasteiger partial charge on any atom is 0.218 e. The fourth-order valence-electron chi connectivity index (χ4n) is 0.256. The summed E-state index contributed by atoms with van der Waals surface area (Å²) < 4.78 is 0. The average Bonchev–Trinajstić information content (AvgIpc) is 1.66. The van der Waals surface area contributed by atoms with E-state index >= 15 is 0 Å². The summed E-state index contributed by atoms with van der Waals surface area (Å²) in [6.45, 7) is 0. The van der Waals surface area contributed by atoms with Crippen LogP contribution >= 0.6 is 11.8 Å². The van der Waals surface area contributed by atoms with Gasteiger partial charge in [0.25, 0.3) is 0 Å². The predicted octanol–water partition coefficient (Wildman–Crippen LogP) is -0.489. The summed E-state index contributed by atoms with van der Waals surface area (Å²) in [5.41, 5.74) is 9.97. The number of rotatable bonds is 4. The van der Waals surface area contributed by atoms with E-state index in [-0.39, 0.29) is 5.91 Å². The number of nitrogens with two attached hydrogens (primary N) is 2. The Balaban J connectivity index is 2.82. The highest BCUT2D eigenvalue weighted by Gasteiger charge is 1.90. The first-order valence-corrected chi connectivity index (χ1v) is 3.49. The zero-order chi connectivity index (χ0) is 6.41. The van der Waals surface area contributed by atoms with Crippen LogP contribution in [0.1, 0.15) is 6.42 Å². The van der Waals surface area contributed by atoms with Gasteiger partial charge in [0.2, 0.25) is 5.91 Å². The Kier molecular flexibility index (Phi) is 4.79. The topological polar surface area (TPSA) is 69.1 Å². The van der Waals surface area contributed by atoms with E-state index in [2.05, 4.69) is 0 Å². The van der Waals surface area contributed by atoms with Crippen LogP contribution in [-0.4, -0.2) is 17.5 Å². The van der Waals surface area contributed by atoms with E-state index in [4.69, 9.17) is 11.5 Å². The van der Waals surface area contributed by atoms with Crippen LogP contribution in [0, 0.1) is 0 Å². The van der Waals surface area contributed by atoms with E-state index in [0.29, 0.717) is 12.3 Å². The van der Waals surface area contributed by atoms with Gasteiger partial charge in [-0.2, -0.15) is 0 Å². The van der Waals surface area contributed by atoms with Gasteiger partial charge < -0.3 is 11.5 Å². The molecule has 48 valence electrons. The van der Waals surface area contributed by atoms with Crippen molar-refractivity contribution in [3.63, 3.8) is 0 Å². The van der Waals surface area contributed by atoms with E-state index in [1.165, 1.54) is 11.8 Å². The van der Waals surface area contributed by atoms with Gasteiger partial charge >= 0.3 is 0 Å². The standard InChI is InChI=1S/C4H10N2OS/c5-3-8-2-1-4(6)7/h1-3,5H2,(H2,6,7). The number of carbonyl (C=O) groups excluding carboxylic acids is 1. The molecule has 0 aliphatic heterocycles. The van der Waals surface area contributed by atoms with Crippen LogP contribution < -0.4 is 11.5 Å². The second-order valence-electron chi connectivity index (χ2n) is 1.29. The number of thioether (sulfide) groups is 1. The number of hydrogen-bond donors (Lipinski definition) is 2. The molecule has 0 aromatic carbocycles. The van der Waals surface area contributed by atoms with Gasteiger partial charge in [-0.3, -0.25) is 4.79 Å². The molecule has 0 aliphatic rings. The van der Waals surface area contributed by atoms with Crippen molar-refractivity contribution in [1.29, 1.82) is 0 Å². The van der Waals surface area contributed by atoms with E-state index < -0.39 is 0 Å². The minimum absolute atomic E-state index is 0.258. The summed E-state index contributed by atoms with van der Waals surface area (Å²) in [5.74, 6) is 1.05. The number of hydrogen-bond acceptors (Lipinski definition) is 3. The zero-order valence-electron chi connectivity index (χ0n) is 4.59. The fourth-order valence-corrected chi connectivity index (χ4v) is 0.768. The number of primary amides is 1. The first-order valence-electron chi connectivity index (χ1n) is 2.33. The molecular weight excluding hydrogens is 124 g/mol. The van der Waals surface area contributed by atoms with Crippen molar-refractivity contribution in [3.8, 4) is 0 Å². The molecule has 0 unspecified atom stereocenters. The summed E-state index contributed by atoms with van der Waals surface area (Å²) in [6, 6.07) is 0. The van der Waals surface area contributed by atoms with Gasteiger partial charge in [0.05, 0.1) is 0 Å². The Bertz CT molecular complexity index is 76.4. The highest BCUT2D eigenvalue weighted by Crippen LogP contribution is 1.96. The molecule has 1 amide bonds. The summed E-state index contributed by atoms with van der Waals surface area (Å²) in [7, 11) is 0. The Morgan fingerprint density at radius 2 is 2.25 bits per heavy atom.